The number of amides is 1. The normalized spacial score (nSPS) is 11.6. The first kappa shape index (κ1) is 17.8. The van der Waals surface area contributed by atoms with Crippen LogP contribution in [0.15, 0.2) is 48.5 Å². The van der Waals surface area contributed by atoms with Crippen LogP contribution in [0.3, 0.4) is 0 Å². The van der Waals surface area contributed by atoms with Gasteiger partial charge in [0.2, 0.25) is 0 Å². The maximum Gasteiger partial charge on any atom is 0.258 e. The van der Waals surface area contributed by atoms with Gasteiger partial charge in [0.25, 0.3) is 5.91 Å². The van der Waals surface area contributed by atoms with Gasteiger partial charge in [-0.25, -0.2) is 0 Å². The van der Waals surface area contributed by atoms with Crippen molar-refractivity contribution in [2.45, 2.75) is 13.0 Å². The largest absolute Gasteiger partial charge is 0.493 e. The van der Waals surface area contributed by atoms with Crippen LogP contribution in [-0.4, -0.2) is 33.3 Å². The highest BCUT2D eigenvalue weighted by Crippen LogP contribution is 2.27. The van der Waals surface area contributed by atoms with Crippen molar-refractivity contribution in [1.82, 2.24) is 5.32 Å². The summed E-state index contributed by atoms with van der Waals surface area (Å²) >= 11 is 0. The highest BCUT2D eigenvalue weighted by atomic mass is 16.5. The highest BCUT2D eigenvalue weighted by Gasteiger charge is 2.13. The van der Waals surface area contributed by atoms with Gasteiger partial charge in [0.05, 0.1) is 13.2 Å². The summed E-state index contributed by atoms with van der Waals surface area (Å²) in [5.41, 5.74) is 2.08. The Labute approximate surface area is 142 Å². The third-order valence-corrected chi connectivity index (χ3v) is 3.62. The van der Waals surface area contributed by atoms with Crippen LogP contribution in [0.5, 0.6) is 11.5 Å². The van der Waals surface area contributed by atoms with Crippen molar-refractivity contribution >= 4 is 5.91 Å². The number of nitrogens with one attached hydrogen (secondary N) is 1. The molecule has 2 aromatic carbocycles. The molecule has 0 aliphatic heterocycles. The summed E-state index contributed by atoms with van der Waals surface area (Å²) in [6, 6.07) is 15.3. The number of methoxy groups -OCH3 is 2. The first-order valence-electron chi connectivity index (χ1n) is 7.76. The van der Waals surface area contributed by atoms with Gasteiger partial charge in [0.15, 0.2) is 18.1 Å². The topological polar surface area (TPSA) is 56.8 Å². The second-order valence-corrected chi connectivity index (χ2v) is 5.38. The monoisotopic (exact) mass is 329 g/mol. The molecule has 0 saturated heterocycles. The summed E-state index contributed by atoms with van der Waals surface area (Å²) in [6.45, 7) is 2.27. The third-order valence-electron chi connectivity index (χ3n) is 3.62. The second kappa shape index (κ2) is 8.93. The molecule has 5 nitrogen and oxygen atoms in total. The Balaban J connectivity index is 1.85. The summed E-state index contributed by atoms with van der Waals surface area (Å²) < 4.78 is 16.2. The highest BCUT2D eigenvalue weighted by molar-refractivity contribution is 5.77. The molecule has 0 radical (unpaired) electrons. The lowest BCUT2D eigenvalue weighted by Gasteiger charge is -2.17. The molecule has 1 unspecified atom stereocenters. The fraction of sp³-hybridized carbons (Fsp3) is 0.316. The number of ether oxygens (including phenoxy) is 3. The van der Waals surface area contributed by atoms with Gasteiger partial charge >= 0.3 is 0 Å². The average Bonchev–Trinajstić information content (AvgIpc) is 2.62. The third kappa shape index (κ3) is 4.99. The number of benzene rings is 2. The Morgan fingerprint density at radius 1 is 1.08 bits per heavy atom. The molecule has 0 aliphatic carbocycles. The van der Waals surface area contributed by atoms with Gasteiger partial charge in [-0.2, -0.15) is 0 Å². The molecule has 0 bridgehead atoms. The number of hydrogen-bond acceptors (Lipinski definition) is 4. The molecule has 0 fully saturated rings. The van der Waals surface area contributed by atoms with E-state index in [0.29, 0.717) is 18.0 Å². The van der Waals surface area contributed by atoms with Gasteiger partial charge < -0.3 is 19.5 Å². The van der Waals surface area contributed by atoms with Crippen LogP contribution in [0, 0.1) is 6.92 Å². The first-order valence-corrected chi connectivity index (χ1v) is 7.76. The van der Waals surface area contributed by atoms with Gasteiger partial charge in [-0.3, -0.25) is 4.79 Å². The Bertz CT molecular complexity index is 658. The van der Waals surface area contributed by atoms with Crippen LogP contribution in [0.2, 0.25) is 0 Å². The minimum Gasteiger partial charge on any atom is -0.493 e. The number of hydrogen-bond donors (Lipinski definition) is 1. The van der Waals surface area contributed by atoms with Crippen molar-refractivity contribution < 1.29 is 19.0 Å². The quantitative estimate of drug-likeness (QED) is 0.809. The molecule has 1 amide bonds. The van der Waals surface area contributed by atoms with Gasteiger partial charge in [0, 0.05) is 13.7 Å². The summed E-state index contributed by atoms with van der Waals surface area (Å²) in [5.74, 6) is 0.946. The lowest BCUT2D eigenvalue weighted by molar-refractivity contribution is -0.123. The van der Waals surface area contributed by atoms with E-state index in [9.17, 15) is 4.79 Å². The number of carbonyl (C=O) groups is 1. The Hall–Kier alpha value is -2.53. The molecule has 2 rings (SSSR count). The van der Waals surface area contributed by atoms with E-state index in [2.05, 4.69) is 5.32 Å². The SMILES string of the molecule is COc1cc(C)ccc1OCC(=O)NCC(OC)c1ccccc1. The van der Waals surface area contributed by atoms with E-state index in [1.165, 1.54) is 0 Å². The Morgan fingerprint density at radius 3 is 2.50 bits per heavy atom. The minimum absolute atomic E-state index is 0.0787. The Kier molecular flexibility index (Phi) is 6.63. The van der Waals surface area contributed by atoms with Crippen LogP contribution in [-0.2, 0) is 9.53 Å². The second-order valence-electron chi connectivity index (χ2n) is 5.38. The van der Waals surface area contributed by atoms with Crippen molar-refractivity contribution in [2.75, 3.05) is 27.4 Å². The van der Waals surface area contributed by atoms with E-state index in [1.54, 1.807) is 20.3 Å². The van der Waals surface area contributed by atoms with Crippen molar-refractivity contribution in [3.05, 3.63) is 59.7 Å². The van der Waals surface area contributed by atoms with Crippen LogP contribution in [0.25, 0.3) is 0 Å². The van der Waals surface area contributed by atoms with E-state index >= 15 is 0 Å². The molecule has 2 aromatic rings. The summed E-state index contributed by atoms with van der Waals surface area (Å²) in [4.78, 5) is 12.0. The maximum absolute atomic E-state index is 12.0. The molecule has 24 heavy (non-hydrogen) atoms. The zero-order valence-electron chi connectivity index (χ0n) is 14.2. The molecule has 0 saturated carbocycles. The number of aryl methyl sites for hydroxylation is 1. The van der Waals surface area contributed by atoms with E-state index in [4.69, 9.17) is 14.2 Å². The number of rotatable bonds is 8. The van der Waals surface area contributed by atoms with Crippen molar-refractivity contribution in [3.8, 4) is 11.5 Å². The molecule has 0 aromatic heterocycles. The lowest BCUT2D eigenvalue weighted by Crippen LogP contribution is -2.33. The predicted octanol–water partition coefficient (Wildman–Crippen LogP) is 2.89. The molecular weight excluding hydrogens is 306 g/mol. The first-order chi connectivity index (χ1) is 11.6. The van der Waals surface area contributed by atoms with E-state index in [0.717, 1.165) is 11.1 Å². The zero-order chi connectivity index (χ0) is 17.4. The Morgan fingerprint density at radius 2 is 1.83 bits per heavy atom. The predicted molar refractivity (Wildman–Crippen MR) is 92.4 cm³/mol. The van der Waals surface area contributed by atoms with Crippen molar-refractivity contribution in [3.63, 3.8) is 0 Å². The van der Waals surface area contributed by atoms with Gasteiger partial charge in [-0.05, 0) is 30.2 Å². The average molecular weight is 329 g/mol. The zero-order valence-corrected chi connectivity index (χ0v) is 14.2. The molecule has 1 atom stereocenters. The smallest absolute Gasteiger partial charge is 0.258 e. The van der Waals surface area contributed by atoms with Crippen LogP contribution < -0.4 is 14.8 Å². The summed E-state index contributed by atoms with van der Waals surface area (Å²) in [7, 11) is 3.20. The van der Waals surface area contributed by atoms with Crippen LogP contribution in [0.1, 0.15) is 17.2 Å². The van der Waals surface area contributed by atoms with Gasteiger partial charge in [-0.1, -0.05) is 36.4 Å². The fourth-order valence-electron chi connectivity index (χ4n) is 2.30. The van der Waals surface area contributed by atoms with E-state index in [1.807, 2.05) is 49.4 Å². The maximum atomic E-state index is 12.0. The molecule has 0 aliphatic rings. The standard InChI is InChI=1S/C19H23NO4/c1-14-9-10-16(17(11-14)22-2)24-13-19(21)20-12-18(23-3)15-7-5-4-6-8-15/h4-11,18H,12-13H2,1-3H3,(H,20,21). The van der Waals surface area contributed by atoms with E-state index in [-0.39, 0.29) is 18.6 Å². The molecule has 5 heteroatoms. The molecule has 0 spiro atoms. The van der Waals surface area contributed by atoms with Crippen molar-refractivity contribution in [2.24, 2.45) is 0 Å². The van der Waals surface area contributed by atoms with E-state index < -0.39 is 0 Å². The van der Waals surface area contributed by atoms with Gasteiger partial charge in [-0.15, -0.1) is 0 Å². The van der Waals surface area contributed by atoms with Crippen molar-refractivity contribution in [1.29, 1.82) is 0 Å². The summed E-state index contributed by atoms with van der Waals surface area (Å²) in [6.07, 6.45) is -0.191. The molecule has 128 valence electrons. The molecular formula is C19H23NO4. The fourth-order valence-corrected chi connectivity index (χ4v) is 2.30. The molecule has 0 heterocycles. The molecule has 1 N–H and O–H groups in total. The minimum atomic E-state index is -0.212. The number of carbonyl (C=O) groups excluding carboxylic acids is 1. The van der Waals surface area contributed by atoms with Crippen LogP contribution in [0.4, 0.5) is 0 Å². The summed E-state index contributed by atoms with van der Waals surface area (Å²) in [5, 5.41) is 2.82. The van der Waals surface area contributed by atoms with Crippen LogP contribution >= 0.6 is 0 Å². The lowest BCUT2D eigenvalue weighted by atomic mass is 10.1. The van der Waals surface area contributed by atoms with Gasteiger partial charge in [0.1, 0.15) is 0 Å².